The summed E-state index contributed by atoms with van der Waals surface area (Å²) < 4.78 is 27.5. The summed E-state index contributed by atoms with van der Waals surface area (Å²) in [4.78, 5) is 24.7. The third-order valence-electron chi connectivity index (χ3n) is 3.54. The average Bonchev–Trinajstić information content (AvgIpc) is 2.93. The smallest absolute Gasteiger partial charge is 0.338 e. The maximum Gasteiger partial charge on any atom is 0.338 e. The molecule has 2 heterocycles. The van der Waals surface area contributed by atoms with E-state index < -0.39 is 21.2 Å². The van der Waals surface area contributed by atoms with E-state index >= 15 is 0 Å². The number of hydrogen-bond donors (Lipinski definition) is 1. The van der Waals surface area contributed by atoms with Crippen molar-refractivity contribution in [3.63, 3.8) is 0 Å². The number of carbonyl (C=O) groups is 2. The van der Waals surface area contributed by atoms with Crippen LogP contribution in [-0.4, -0.2) is 32.1 Å². The van der Waals surface area contributed by atoms with E-state index in [9.17, 15) is 18.0 Å². The van der Waals surface area contributed by atoms with Gasteiger partial charge in [-0.05, 0) is 12.1 Å². The normalized spacial score (nSPS) is 22.1. The number of amides is 1. The zero-order chi connectivity index (χ0) is 14.5. The molecule has 20 heavy (non-hydrogen) atoms. The number of nitrogens with two attached hydrogens (primary N) is 1. The Balaban J connectivity index is 1.93. The molecule has 1 aromatic carbocycles. The van der Waals surface area contributed by atoms with Gasteiger partial charge in [-0.15, -0.1) is 0 Å². The summed E-state index contributed by atoms with van der Waals surface area (Å²) in [7, 11) is -3.75. The SMILES string of the molecule is NS(=O)(=O)C1CC(=O)N(c2ccc3c(c2)C(=O)OC3)C1. The summed E-state index contributed by atoms with van der Waals surface area (Å²) in [6, 6.07) is 4.92. The molecule has 1 unspecified atom stereocenters. The van der Waals surface area contributed by atoms with Gasteiger partial charge in [0.15, 0.2) is 0 Å². The van der Waals surface area contributed by atoms with E-state index in [1.165, 1.54) is 4.90 Å². The fourth-order valence-corrected chi connectivity index (χ4v) is 3.15. The van der Waals surface area contributed by atoms with Crippen LogP contribution in [0, 0.1) is 0 Å². The Morgan fingerprint density at radius 2 is 2.05 bits per heavy atom. The third kappa shape index (κ3) is 2.06. The second kappa shape index (κ2) is 4.29. The van der Waals surface area contributed by atoms with E-state index in [1.54, 1.807) is 18.2 Å². The van der Waals surface area contributed by atoms with Crippen molar-refractivity contribution in [1.29, 1.82) is 0 Å². The molecule has 1 amide bonds. The molecule has 7 nitrogen and oxygen atoms in total. The minimum atomic E-state index is -3.75. The molecule has 0 bridgehead atoms. The van der Waals surface area contributed by atoms with Crippen molar-refractivity contribution in [2.24, 2.45) is 5.14 Å². The highest BCUT2D eigenvalue weighted by Crippen LogP contribution is 2.29. The molecule has 3 rings (SSSR count). The number of cyclic esters (lactones) is 1. The van der Waals surface area contributed by atoms with Crippen molar-refractivity contribution in [3.05, 3.63) is 29.3 Å². The first-order valence-corrected chi connectivity index (χ1v) is 7.59. The van der Waals surface area contributed by atoms with E-state index in [4.69, 9.17) is 9.88 Å². The number of hydrogen-bond acceptors (Lipinski definition) is 5. The van der Waals surface area contributed by atoms with E-state index in [2.05, 4.69) is 0 Å². The van der Waals surface area contributed by atoms with Crippen LogP contribution in [0.25, 0.3) is 0 Å². The molecule has 8 heteroatoms. The Labute approximate surface area is 115 Å². The number of nitrogens with zero attached hydrogens (tertiary/aromatic N) is 1. The van der Waals surface area contributed by atoms with Crippen LogP contribution in [0.1, 0.15) is 22.3 Å². The number of sulfonamides is 1. The summed E-state index contributed by atoms with van der Waals surface area (Å²) in [6.45, 7) is 0.230. The Kier molecular flexibility index (Phi) is 2.80. The van der Waals surface area contributed by atoms with Crippen LogP contribution in [0.15, 0.2) is 18.2 Å². The second-order valence-electron chi connectivity index (χ2n) is 4.84. The quantitative estimate of drug-likeness (QED) is 0.757. The predicted octanol–water partition coefficient (Wildman–Crippen LogP) is -0.249. The van der Waals surface area contributed by atoms with Gasteiger partial charge in [-0.1, -0.05) is 6.07 Å². The molecular weight excluding hydrogens is 284 g/mol. The fourth-order valence-electron chi connectivity index (χ4n) is 2.41. The third-order valence-corrected chi connectivity index (χ3v) is 4.78. The van der Waals surface area contributed by atoms with Crippen LogP contribution in [-0.2, 0) is 26.2 Å². The first kappa shape index (κ1) is 13.1. The van der Waals surface area contributed by atoms with Crippen molar-refractivity contribution in [3.8, 4) is 0 Å². The Morgan fingerprint density at radius 3 is 2.70 bits per heavy atom. The van der Waals surface area contributed by atoms with Crippen LogP contribution in [0.2, 0.25) is 0 Å². The van der Waals surface area contributed by atoms with Crippen LogP contribution < -0.4 is 10.0 Å². The molecule has 1 atom stereocenters. The number of anilines is 1. The Morgan fingerprint density at radius 1 is 1.30 bits per heavy atom. The van der Waals surface area contributed by atoms with Gasteiger partial charge in [-0.2, -0.15) is 0 Å². The highest BCUT2D eigenvalue weighted by Gasteiger charge is 2.37. The van der Waals surface area contributed by atoms with Gasteiger partial charge >= 0.3 is 5.97 Å². The van der Waals surface area contributed by atoms with Gasteiger partial charge in [-0.25, -0.2) is 18.4 Å². The molecule has 0 aromatic heterocycles. The zero-order valence-corrected chi connectivity index (χ0v) is 11.2. The first-order chi connectivity index (χ1) is 9.36. The molecule has 0 aliphatic carbocycles. The molecule has 1 fully saturated rings. The van der Waals surface area contributed by atoms with E-state index in [0.29, 0.717) is 11.3 Å². The number of ether oxygens (including phenoxy) is 1. The van der Waals surface area contributed by atoms with Gasteiger partial charge in [0.25, 0.3) is 0 Å². The molecule has 1 aromatic rings. The fraction of sp³-hybridized carbons (Fsp3) is 0.333. The van der Waals surface area contributed by atoms with Gasteiger partial charge in [0.1, 0.15) is 11.9 Å². The van der Waals surface area contributed by atoms with Crippen LogP contribution in [0.3, 0.4) is 0 Å². The van der Waals surface area contributed by atoms with Crippen molar-refractivity contribution in [2.75, 3.05) is 11.4 Å². The van der Waals surface area contributed by atoms with Crippen LogP contribution in [0.5, 0.6) is 0 Å². The number of primary sulfonamides is 1. The molecule has 0 radical (unpaired) electrons. The van der Waals surface area contributed by atoms with Crippen LogP contribution in [0.4, 0.5) is 5.69 Å². The minimum absolute atomic E-state index is 0.00546. The monoisotopic (exact) mass is 296 g/mol. The molecule has 1 saturated heterocycles. The van der Waals surface area contributed by atoms with Gasteiger partial charge in [0, 0.05) is 24.2 Å². The lowest BCUT2D eigenvalue weighted by Crippen LogP contribution is -2.32. The van der Waals surface area contributed by atoms with Gasteiger partial charge in [0.2, 0.25) is 15.9 Å². The zero-order valence-electron chi connectivity index (χ0n) is 10.4. The molecule has 106 valence electrons. The largest absolute Gasteiger partial charge is 0.457 e. The predicted molar refractivity (Wildman–Crippen MR) is 69.4 cm³/mol. The standard InChI is InChI=1S/C12H12N2O5S/c13-20(17,18)9-4-11(15)14(5-9)8-2-1-7-6-19-12(16)10(7)3-8/h1-3,9H,4-6H2,(H2,13,17,18). The number of rotatable bonds is 2. The maximum atomic E-state index is 11.9. The molecule has 2 N–H and O–H groups in total. The number of benzene rings is 1. The Bertz CT molecular complexity index is 713. The van der Waals surface area contributed by atoms with Crippen LogP contribution >= 0.6 is 0 Å². The average molecular weight is 296 g/mol. The van der Waals surface area contributed by atoms with Gasteiger partial charge in [-0.3, -0.25) is 4.79 Å². The van der Waals surface area contributed by atoms with E-state index in [-0.39, 0.29) is 25.5 Å². The summed E-state index contributed by atoms with van der Waals surface area (Å²) in [5.74, 6) is -0.758. The lowest BCUT2D eigenvalue weighted by molar-refractivity contribution is -0.117. The Hall–Kier alpha value is -1.93. The molecular formula is C12H12N2O5S. The number of esters is 1. The van der Waals surface area contributed by atoms with Gasteiger partial charge in [0.05, 0.1) is 5.56 Å². The summed E-state index contributed by atoms with van der Waals surface area (Å²) in [6.07, 6.45) is -0.139. The summed E-state index contributed by atoms with van der Waals surface area (Å²) >= 11 is 0. The highest BCUT2D eigenvalue weighted by molar-refractivity contribution is 7.89. The molecule has 0 saturated carbocycles. The first-order valence-electron chi connectivity index (χ1n) is 5.98. The topological polar surface area (TPSA) is 107 Å². The van der Waals surface area contributed by atoms with Crippen molar-refractivity contribution < 1.29 is 22.7 Å². The maximum absolute atomic E-state index is 11.9. The van der Waals surface area contributed by atoms with Crippen molar-refractivity contribution in [1.82, 2.24) is 0 Å². The van der Waals surface area contributed by atoms with Gasteiger partial charge < -0.3 is 9.64 Å². The highest BCUT2D eigenvalue weighted by atomic mass is 32.2. The summed E-state index contributed by atoms with van der Waals surface area (Å²) in [5, 5.41) is 4.17. The van der Waals surface area contributed by atoms with E-state index in [0.717, 1.165) is 5.56 Å². The number of carbonyl (C=O) groups excluding carboxylic acids is 2. The van der Waals surface area contributed by atoms with E-state index in [1.807, 2.05) is 0 Å². The van der Waals surface area contributed by atoms with Crippen molar-refractivity contribution in [2.45, 2.75) is 18.3 Å². The molecule has 2 aliphatic rings. The molecule has 2 aliphatic heterocycles. The summed E-state index contributed by atoms with van der Waals surface area (Å²) in [5.41, 5.74) is 1.65. The lowest BCUT2D eigenvalue weighted by atomic mass is 10.1. The molecule has 0 spiro atoms. The minimum Gasteiger partial charge on any atom is -0.457 e. The lowest BCUT2D eigenvalue weighted by Gasteiger charge is -2.16. The van der Waals surface area contributed by atoms with Crippen molar-refractivity contribution >= 4 is 27.6 Å². The number of fused-ring (bicyclic) bond motifs is 1. The second-order valence-corrected chi connectivity index (χ2v) is 6.68.